The lowest BCUT2D eigenvalue weighted by Gasteiger charge is -2.31. The number of aliphatic hydroxyl groups excluding tert-OH is 4. The second-order valence-corrected chi connectivity index (χ2v) is 11.9. The van der Waals surface area contributed by atoms with Gasteiger partial charge in [0.2, 0.25) is 5.91 Å². The lowest BCUT2D eigenvalue weighted by Crippen LogP contribution is -2.46. The second-order valence-electron chi connectivity index (χ2n) is 11.9. The molecule has 2 aliphatic heterocycles. The molecule has 2 saturated heterocycles. The van der Waals surface area contributed by atoms with Crippen LogP contribution in [0.4, 0.5) is 0 Å². The van der Waals surface area contributed by atoms with Gasteiger partial charge < -0.3 is 44.3 Å². The Balaban J connectivity index is 1.36. The number of hydrogen-bond acceptors (Lipinski definition) is 12. The molecule has 13 heteroatoms. The zero-order valence-corrected chi connectivity index (χ0v) is 22.3. The Hall–Kier alpha value is -2.58. The highest BCUT2D eigenvalue weighted by Crippen LogP contribution is 2.67. The van der Waals surface area contributed by atoms with Gasteiger partial charge in [-0.3, -0.25) is 19.2 Å². The van der Waals surface area contributed by atoms with E-state index in [0.717, 1.165) is 0 Å². The number of ether oxygens (including phenoxy) is 4. The van der Waals surface area contributed by atoms with Crippen molar-refractivity contribution in [3.8, 4) is 0 Å². The molecule has 0 aromatic carbocycles. The van der Waals surface area contributed by atoms with Gasteiger partial charge in [0.15, 0.2) is 0 Å². The van der Waals surface area contributed by atoms with Gasteiger partial charge in [-0.15, -0.1) is 0 Å². The predicted octanol–water partition coefficient (Wildman–Crippen LogP) is -1.98. The maximum absolute atomic E-state index is 13.1. The molecular formula is C26H37NO12. The molecule has 3 fully saturated rings. The first-order chi connectivity index (χ1) is 18.3. The topological polar surface area (TPSA) is 193 Å². The van der Waals surface area contributed by atoms with Crippen LogP contribution in [0.3, 0.4) is 0 Å². The fourth-order valence-corrected chi connectivity index (χ4v) is 5.30. The molecule has 4 N–H and O–H groups in total. The third-order valence-electron chi connectivity index (χ3n) is 8.58. The Labute approximate surface area is 225 Å². The Bertz CT molecular complexity index is 1000. The molecule has 0 aromatic rings. The first-order valence-electron chi connectivity index (χ1n) is 13.0. The molecule has 1 saturated carbocycles. The van der Waals surface area contributed by atoms with E-state index >= 15 is 0 Å². The third-order valence-corrected chi connectivity index (χ3v) is 8.58. The highest BCUT2D eigenvalue weighted by atomic mass is 16.6. The zero-order valence-electron chi connectivity index (χ0n) is 22.3. The highest BCUT2D eigenvalue weighted by Gasteiger charge is 2.77. The summed E-state index contributed by atoms with van der Waals surface area (Å²) in [4.78, 5) is 52.7. The molecule has 39 heavy (non-hydrogen) atoms. The summed E-state index contributed by atoms with van der Waals surface area (Å²) < 4.78 is 21.6. The average molecular weight is 556 g/mol. The lowest BCUT2D eigenvalue weighted by atomic mass is 9.78. The summed E-state index contributed by atoms with van der Waals surface area (Å²) in [5, 5.41) is 37.8. The van der Waals surface area contributed by atoms with E-state index in [0.29, 0.717) is 6.54 Å². The van der Waals surface area contributed by atoms with Crippen LogP contribution in [0.5, 0.6) is 0 Å². The van der Waals surface area contributed by atoms with Gasteiger partial charge in [-0.25, -0.2) is 0 Å². The number of hydrogen-bond donors (Lipinski definition) is 4. The molecule has 2 aliphatic carbocycles. The molecule has 4 aliphatic rings. The van der Waals surface area contributed by atoms with Crippen molar-refractivity contribution in [2.45, 2.75) is 32.5 Å². The van der Waals surface area contributed by atoms with Crippen LogP contribution in [-0.2, 0) is 38.1 Å². The molecule has 13 nitrogen and oxygen atoms in total. The van der Waals surface area contributed by atoms with Crippen LogP contribution < -0.4 is 0 Å². The molecule has 4 rings (SSSR count). The van der Waals surface area contributed by atoms with Crippen LogP contribution in [0.2, 0.25) is 0 Å². The van der Waals surface area contributed by atoms with Crippen LogP contribution in [0.25, 0.3) is 0 Å². The van der Waals surface area contributed by atoms with Crippen molar-refractivity contribution in [2.75, 3.05) is 59.3 Å². The summed E-state index contributed by atoms with van der Waals surface area (Å²) in [6, 6.07) is 0. The maximum Gasteiger partial charge on any atom is 0.318 e. The molecule has 5 unspecified atom stereocenters. The number of epoxide rings is 1. The maximum atomic E-state index is 13.1. The second kappa shape index (κ2) is 10.4. The molecule has 1 spiro atoms. The highest BCUT2D eigenvalue weighted by molar-refractivity contribution is 5.85. The first kappa shape index (κ1) is 29.4. The van der Waals surface area contributed by atoms with Gasteiger partial charge >= 0.3 is 17.9 Å². The number of nitrogens with zero attached hydrogens (tertiary/aromatic N) is 1. The zero-order chi connectivity index (χ0) is 28.8. The molecule has 218 valence electrons. The van der Waals surface area contributed by atoms with E-state index in [1.807, 2.05) is 12.2 Å². The Kier molecular flexibility index (Phi) is 7.87. The van der Waals surface area contributed by atoms with Gasteiger partial charge in [0.1, 0.15) is 41.7 Å². The fraction of sp³-hybridized carbons (Fsp3) is 0.769. The van der Waals surface area contributed by atoms with Crippen molar-refractivity contribution in [3.63, 3.8) is 0 Å². The summed E-state index contributed by atoms with van der Waals surface area (Å²) in [5.41, 5.74) is -5.21. The largest absolute Gasteiger partial charge is 0.464 e. The van der Waals surface area contributed by atoms with Crippen LogP contribution in [-0.4, -0.2) is 120 Å². The fourth-order valence-electron chi connectivity index (χ4n) is 5.30. The van der Waals surface area contributed by atoms with E-state index in [2.05, 4.69) is 0 Å². The first-order valence-corrected chi connectivity index (χ1v) is 13.0. The summed E-state index contributed by atoms with van der Waals surface area (Å²) in [5.74, 6) is -2.80. The Morgan fingerprint density at radius 3 is 1.90 bits per heavy atom. The number of rotatable bonds is 14. The van der Waals surface area contributed by atoms with Crippen LogP contribution in [0, 0.1) is 34.0 Å². The van der Waals surface area contributed by atoms with E-state index in [1.165, 1.54) is 20.8 Å². The summed E-state index contributed by atoms with van der Waals surface area (Å²) in [7, 11) is 0. The molecule has 0 radical (unpaired) electrons. The molecule has 0 bridgehead atoms. The van der Waals surface area contributed by atoms with Crippen molar-refractivity contribution >= 4 is 23.8 Å². The van der Waals surface area contributed by atoms with Crippen molar-refractivity contribution in [1.82, 2.24) is 4.90 Å². The van der Waals surface area contributed by atoms with E-state index in [9.17, 15) is 39.6 Å². The molecular weight excluding hydrogens is 518 g/mol. The Morgan fingerprint density at radius 2 is 1.44 bits per heavy atom. The molecule has 0 aromatic heterocycles. The number of amides is 1. The van der Waals surface area contributed by atoms with Gasteiger partial charge in [-0.05, 0) is 20.8 Å². The normalized spacial score (nSPS) is 28.8. The van der Waals surface area contributed by atoms with E-state index < -0.39 is 73.8 Å². The standard InChI is InChI=1S/C26H37NO12/c1-23(9-28,10-29)20(33)37-13-25(3,14-38-21(34)24(2,11-30)12-31)22(35)36-7-6-27-8-15-17(19(27)32)16-4-5-26(16)18(15)39-26/h4-5,15-18,28-31H,6-14H2,1-3H3. The Morgan fingerprint density at radius 1 is 0.923 bits per heavy atom. The number of fused-ring (bicyclic) bond motifs is 3. The molecule has 5 atom stereocenters. The van der Waals surface area contributed by atoms with Crippen LogP contribution in [0.15, 0.2) is 12.2 Å². The minimum absolute atomic E-state index is 0.00854. The van der Waals surface area contributed by atoms with Gasteiger partial charge in [0.05, 0.1) is 45.0 Å². The lowest BCUT2D eigenvalue weighted by molar-refractivity contribution is -0.179. The number of carbonyl (C=O) groups is 4. The number of carbonyl (C=O) groups excluding carboxylic acids is 4. The van der Waals surface area contributed by atoms with Crippen molar-refractivity contribution in [3.05, 3.63) is 12.2 Å². The van der Waals surface area contributed by atoms with E-state index in [1.54, 1.807) is 4.90 Å². The molecule has 2 heterocycles. The van der Waals surface area contributed by atoms with Gasteiger partial charge in [-0.1, -0.05) is 12.2 Å². The van der Waals surface area contributed by atoms with Crippen LogP contribution >= 0.6 is 0 Å². The van der Waals surface area contributed by atoms with Gasteiger partial charge in [0.25, 0.3) is 0 Å². The number of aliphatic hydroxyl groups is 4. The average Bonchev–Trinajstić information content (AvgIpc) is 3.60. The monoisotopic (exact) mass is 555 g/mol. The predicted molar refractivity (Wildman–Crippen MR) is 129 cm³/mol. The quantitative estimate of drug-likeness (QED) is 0.0800. The number of likely N-dealkylation sites (tertiary alicyclic amines) is 1. The van der Waals surface area contributed by atoms with E-state index in [-0.39, 0.29) is 48.5 Å². The minimum atomic E-state index is -1.72. The van der Waals surface area contributed by atoms with Gasteiger partial charge in [0, 0.05) is 18.4 Å². The van der Waals surface area contributed by atoms with Crippen LogP contribution in [0.1, 0.15) is 20.8 Å². The van der Waals surface area contributed by atoms with E-state index in [4.69, 9.17) is 18.9 Å². The number of esters is 3. The van der Waals surface area contributed by atoms with Crippen molar-refractivity contribution < 1.29 is 58.6 Å². The summed E-state index contributed by atoms with van der Waals surface area (Å²) >= 11 is 0. The minimum Gasteiger partial charge on any atom is -0.464 e. The smallest absolute Gasteiger partial charge is 0.318 e. The van der Waals surface area contributed by atoms with Gasteiger partial charge in [-0.2, -0.15) is 0 Å². The third kappa shape index (κ3) is 4.84. The van der Waals surface area contributed by atoms with Crippen molar-refractivity contribution in [1.29, 1.82) is 0 Å². The SMILES string of the molecule is CC(CO)(CO)C(=O)OCC(C)(COC(=O)C(C)(CO)CO)C(=O)OCCN1CC2C(C1=O)C1C=CC13OC23. The summed E-state index contributed by atoms with van der Waals surface area (Å²) in [6.45, 7) is 0.290. The van der Waals surface area contributed by atoms with Crippen molar-refractivity contribution in [2.24, 2.45) is 34.0 Å². The molecule has 1 amide bonds. The summed E-state index contributed by atoms with van der Waals surface area (Å²) in [6.07, 6.45) is 4.08.